The topological polar surface area (TPSA) is 58.6 Å². The van der Waals surface area contributed by atoms with E-state index in [0.717, 1.165) is 23.8 Å². The minimum Gasteiger partial charge on any atom is -0.494 e. The highest BCUT2D eigenvalue weighted by Crippen LogP contribution is 2.34. The fraction of sp³-hybridized carbons (Fsp3) is 0.333. The van der Waals surface area contributed by atoms with Gasteiger partial charge in [-0.25, -0.2) is 0 Å². The minimum absolute atomic E-state index is 0.346. The molecule has 0 aliphatic heterocycles. The molecule has 2 rings (SSSR count). The van der Waals surface area contributed by atoms with E-state index in [9.17, 15) is 22.8 Å². The first-order chi connectivity index (χ1) is 13.7. The lowest BCUT2D eigenvalue weighted by Crippen LogP contribution is -2.35. The molecule has 0 aromatic heterocycles. The number of unbranched alkanes of at least 4 members (excludes halogenated alkanes) is 1. The number of para-hydroxylation sites is 1. The summed E-state index contributed by atoms with van der Waals surface area (Å²) >= 11 is 0. The third-order valence-electron chi connectivity index (χ3n) is 4.10. The Kier molecular flexibility index (Phi) is 7.64. The second-order valence-corrected chi connectivity index (χ2v) is 6.48. The van der Waals surface area contributed by atoms with E-state index in [-0.39, 0.29) is 12.2 Å². The number of carbonyl (C=O) groups excluding carboxylic acids is 2. The predicted octanol–water partition coefficient (Wildman–Crippen LogP) is 4.60. The Hall–Kier alpha value is -3.03. The molecule has 0 atom stereocenters. The third-order valence-corrected chi connectivity index (χ3v) is 4.10. The molecule has 0 fully saturated rings. The van der Waals surface area contributed by atoms with Crippen molar-refractivity contribution >= 4 is 17.5 Å². The van der Waals surface area contributed by atoms with Crippen LogP contribution in [0.5, 0.6) is 5.75 Å². The van der Waals surface area contributed by atoms with Gasteiger partial charge in [0.2, 0.25) is 5.91 Å². The maximum atomic E-state index is 13.0. The number of alkyl halides is 3. The predicted molar refractivity (Wildman–Crippen MR) is 104 cm³/mol. The van der Waals surface area contributed by atoms with Crippen molar-refractivity contribution in [3.05, 3.63) is 59.7 Å². The standard InChI is InChI=1S/C21H23F3N2O3/c1-3-4-13-29-16-11-9-15(10-12-16)20(28)26(2)14-19(27)25-18-8-6-5-7-17(18)21(22,23)24/h5-12H,3-4,13-14H2,1-2H3,(H,25,27). The SMILES string of the molecule is CCCCOc1ccc(C(=O)N(C)CC(=O)Nc2ccccc2C(F)(F)F)cc1. The lowest BCUT2D eigenvalue weighted by Gasteiger charge is -2.18. The first kappa shape index (κ1) is 22.3. The molecule has 1 N–H and O–H groups in total. The van der Waals surface area contributed by atoms with E-state index >= 15 is 0 Å². The molecule has 0 spiro atoms. The van der Waals surface area contributed by atoms with E-state index in [1.807, 2.05) is 0 Å². The number of hydrogen-bond donors (Lipinski definition) is 1. The maximum absolute atomic E-state index is 13.0. The molecule has 5 nitrogen and oxygen atoms in total. The molecule has 0 aliphatic carbocycles. The minimum atomic E-state index is -4.59. The van der Waals surface area contributed by atoms with Gasteiger partial charge in [0.1, 0.15) is 5.75 Å². The zero-order valence-electron chi connectivity index (χ0n) is 16.3. The first-order valence-corrected chi connectivity index (χ1v) is 9.16. The van der Waals surface area contributed by atoms with Crippen molar-refractivity contribution in [3.8, 4) is 5.75 Å². The Morgan fingerprint density at radius 2 is 1.72 bits per heavy atom. The van der Waals surface area contributed by atoms with Gasteiger partial charge in [0.25, 0.3) is 5.91 Å². The molecular weight excluding hydrogens is 385 g/mol. The lowest BCUT2D eigenvalue weighted by molar-refractivity contribution is -0.137. The summed E-state index contributed by atoms with van der Waals surface area (Å²) in [5, 5.41) is 2.22. The summed E-state index contributed by atoms with van der Waals surface area (Å²) in [6.45, 7) is 2.25. The Labute approximate surface area is 167 Å². The third kappa shape index (κ3) is 6.51. The highest BCUT2D eigenvalue weighted by Gasteiger charge is 2.33. The summed E-state index contributed by atoms with van der Waals surface area (Å²) < 4.78 is 44.6. The van der Waals surface area contributed by atoms with Gasteiger partial charge < -0.3 is 15.0 Å². The van der Waals surface area contributed by atoms with E-state index in [1.54, 1.807) is 24.3 Å². The normalized spacial score (nSPS) is 11.1. The van der Waals surface area contributed by atoms with Crippen molar-refractivity contribution < 1.29 is 27.5 Å². The van der Waals surface area contributed by atoms with Gasteiger partial charge in [-0.3, -0.25) is 9.59 Å². The van der Waals surface area contributed by atoms with Crippen LogP contribution in [0.3, 0.4) is 0 Å². The number of hydrogen-bond acceptors (Lipinski definition) is 3. The second-order valence-electron chi connectivity index (χ2n) is 6.48. The molecule has 2 aromatic carbocycles. The van der Waals surface area contributed by atoms with Gasteiger partial charge >= 0.3 is 6.18 Å². The highest BCUT2D eigenvalue weighted by atomic mass is 19.4. The number of benzene rings is 2. The summed E-state index contributed by atoms with van der Waals surface area (Å²) in [7, 11) is 1.41. The first-order valence-electron chi connectivity index (χ1n) is 9.16. The summed E-state index contributed by atoms with van der Waals surface area (Å²) in [6, 6.07) is 11.2. The Balaban J connectivity index is 1.97. The Bertz CT molecular complexity index is 836. The van der Waals surface area contributed by atoms with Crippen LogP contribution in [0, 0.1) is 0 Å². The van der Waals surface area contributed by atoms with E-state index in [2.05, 4.69) is 12.2 Å². The van der Waals surface area contributed by atoms with Crippen LogP contribution in [0.4, 0.5) is 18.9 Å². The molecule has 0 radical (unpaired) electrons. The number of nitrogens with zero attached hydrogens (tertiary/aromatic N) is 1. The number of anilines is 1. The highest BCUT2D eigenvalue weighted by molar-refractivity contribution is 5.99. The average Bonchev–Trinajstić information content (AvgIpc) is 2.67. The molecule has 0 bridgehead atoms. The molecule has 8 heteroatoms. The number of rotatable bonds is 8. The molecule has 2 aromatic rings. The van der Waals surface area contributed by atoms with Crippen LogP contribution in [-0.4, -0.2) is 36.9 Å². The largest absolute Gasteiger partial charge is 0.494 e. The Morgan fingerprint density at radius 3 is 2.34 bits per heavy atom. The molecule has 0 saturated heterocycles. The second kappa shape index (κ2) is 9.95. The molecular formula is C21H23F3N2O3. The molecule has 2 amide bonds. The number of likely N-dealkylation sites (N-methyl/N-ethyl adjacent to an activating group) is 1. The molecule has 0 aliphatic rings. The molecule has 29 heavy (non-hydrogen) atoms. The van der Waals surface area contributed by atoms with Crippen LogP contribution in [0.25, 0.3) is 0 Å². The van der Waals surface area contributed by atoms with Crippen molar-refractivity contribution in [1.29, 1.82) is 0 Å². The van der Waals surface area contributed by atoms with Gasteiger partial charge in [-0.2, -0.15) is 13.2 Å². The van der Waals surface area contributed by atoms with Gasteiger partial charge in [-0.05, 0) is 42.8 Å². The van der Waals surface area contributed by atoms with Crippen LogP contribution >= 0.6 is 0 Å². The van der Waals surface area contributed by atoms with Gasteiger partial charge in [0.05, 0.1) is 24.4 Å². The number of carbonyl (C=O) groups is 2. The van der Waals surface area contributed by atoms with Crippen LogP contribution in [-0.2, 0) is 11.0 Å². The van der Waals surface area contributed by atoms with Crippen LogP contribution < -0.4 is 10.1 Å². The number of nitrogens with one attached hydrogen (secondary N) is 1. The molecule has 0 unspecified atom stereocenters. The van der Waals surface area contributed by atoms with Crippen molar-refractivity contribution in [3.63, 3.8) is 0 Å². The monoisotopic (exact) mass is 408 g/mol. The van der Waals surface area contributed by atoms with E-state index in [1.165, 1.54) is 25.2 Å². The lowest BCUT2D eigenvalue weighted by atomic mass is 10.1. The fourth-order valence-corrected chi connectivity index (χ4v) is 2.56. The van der Waals surface area contributed by atoms with Crippen molar-refractivity contribution in [2.75, 3.05) is 25.5 Å². The molecule has 0 saturated carbocycles. The molecule has 156 valence electrons. The van der Waals surface area contributed by atoms with Crippen LogP contribution in [0.2, 0.25) is 0 Å². The van der Waals surface area contributed by atoms with Crippen molar-refractivity contribution in [1.82, 2.24) is 4.90 Å². The number of halogens is 3. The summed E-state index contributed by atoms with van der Waals surface area (Å²) in [4.78, 5) is 25.7. The molecule has 0 heterocycles. The number of amides is 2. The summed E-state index contributed by atoms with van der Waals surface area (Å²) in [5.41, 5.74) is -0.945. The average molecular weight is 408 g/mol. The van der Waals surface area contributed by atoms with Gasteiger partial charge in [0.15, 0.2) is 0 Å². The quantitative estimate of drug-likeness (QED) is 0.650. The Morgan fingerprint density at radius 1 is 1.07 bits per heavy atom. The van der Waals surface area contributed by atoms with E-state index in [4.69, 9.17) is 4.74 Å². The van der Waals surface area contributed by atoms with Gasteiger partial charge in [-0.15, -0.1) is 0 Å². The van der Waals surface area contributed by atoms with Crippen molar-refractivity contribution in [2.24, 2.45) is 0 Å². The van der Waals surface area contributed by atoms with Gasteiger partial charge in [-0.1, -0.05) is 25.5 Å². The number of ether oxygens (including phenoxy) is 1. The maximum Gasteiger partial charge on any atom is 0.418 e. The summed E-state index contributed by atoms with van der Waals surface area (Å²) in [6.07, 6.45) is -2.65. The smallest absolute Gasteiger partial charge is 0.418 e. The van der Waals surface area contributed by atoms with Crippen molar-refractivity contribution in [2.45, 2.75) is 25.9 Å². The zero-order valence-corrected chi connectivity index (χ0v) is 16.3. The van der Waals surface area contributed by atoms with Crippen LogP contribution in [0.1, 0.15) is 35.7 Å². The fourth-order valence-electron chi connectivity index (χ4n) is 2.56. The summed E-state index contributed by atoms with van der Waals surface area (Å²) in [5.74, 6) is -0.513. The van der Waals surface area contributed by atoms with Gasteiger partial charge in [0, 0.05) is 12.6 Å². The van der Waals surface area contributed by atoms with Crippen LogP contribution in [0.15, 0.2) is 48.5 Å². The zero-order chi connectivity index (χ0) is 21.4. The van der Waals surface area contributed by atoms with E-state index < -0.39 is 23.6 Å². The van der Waals surface area contributed by atoms with E-state index in [0.29, 0.717) is 17.9 Å².